The highest BCUT2D eigenvalue weighted by Gasteiger charge is 2.22. The maximum atomic E-state index is 13.5. The van der Waals surface area contributed by atoms with Crippen LogP contribution in [0.15, 0.2) is 41.3 Å². The fraction of sp³-hybridized carbons (Fsp3) is 0.278. The molecule has 9 heteroatoms. The van der Waals surface area contributed by atoms with Gasteiger partial charge in [-0.1, -0.05) is 35.3 Å². The predicted octanol–water partition coefficient (Wildman–Crippen LogP) is 4.09. The molecule has 0 saturated heterocycles. The van der Waals surface area contributed by atoms with Gasteiger partial charge in [-0.05, 0) is 43.7 Å². The summed E-state index contributed by atoms with van der Waals surface area (Å²) in [5, 5.41) is 2.48. The summed E-state index contributed by atoms with van der Waals surface area (Å²) >= 11 is 11.5. The molecule has 0 aliphatic rings. The van der Waals surface area contributed by atoms with Crippen LogP contribution in [0.3, 0.4) is 0 Å². The van der Waals surface area contributed by atoms with Crippen LogP contribution in [0.5, 0.6) is 0 Å². The minimum atomic E-state index is -3.57. The number of amides is 1. The number of hydrogen-bond acceptors (Lipinski definition) is 3. The van der Waals surface area contributed by atoms with Gasteiger partial charge in [-0.2, -0.15) is 4.31 Å². The molecular weight excluding hydrogens is 414 g/mol. The molecule has 2 aromatic carbocycles. The Morgan fingerprint density at radius 2 is 1.74 bits per heavy atom. The lowest BCUT2D eigenvalue weighted by Gasteiger charge is -2.21. The van der Waals surface area contributed by atoms with Crippen LogP contribution in [0.25, 0.3) is 0 Å². The summed E-state index contributed by atoms with van der Waals surface area (Å²) in [6, 6.07) is 8.13. The molecule has 2 rings (SSSR count). The highest BCUT2D eigenvalue weighted by molar-refractivity contribution is 7.89. The summed E-state index contributed by atoms with van der Waals surface area (Å²) in [7, 11) is -2.05. The van der Waals surface area contributed by atoms with Crippen molar-refractivity contribution in [2.75, 3.05) is 7.05 Å². The number of carbonyl (C=O) groups is 1. The molecule has 0 aromatic heterocycles. The van der Waals surface area contributed by atoms with Gasteiger partial charge in [0.1, 0.15) is 5.82 Å². The van der Waals surface area contributed by atoms with Crippen molar-refractivity contribution in [1.29, 1.82) is 0 Å². The van der Waals surface area contributed by atoms with Crippen LogP contribution in [0.1, 0.15) is 29.8 Å². The van der Waals surface area contributed by atoms with E-state index in [1.165, 1.54) is 23.5 Å². The Morgan fingerprint density at radius 1 is 1.15 bits per heavy atom. The Kier molecular flexibility index (Phi) is 6.86. The zero-order valence-corrected chi connectivity index (χ0v) is 17.3. The van der Waals surface area contributed by atoms with Gasteiger partial charge in [-0.3, -0.25) is 4.79 Å². The summed E-state index contributed by atoms with van der Waals surface area (Å²) in [6.07, 6.45) is 0. The summed E-state index contributed by atoms with van der Waals surface area (Å²) < 4.78 is 39.7. The van der Waals surface area contributed by atoms with E-state index in [4.69, 9.17) is 23.2 Å². The van der Waals surface area contributed by atoms with Crippen LogP contribution < -0.4 is 5.32 Å². The van der Waals surface area contributed by atoms with Crippen molar-refractivity contribution in [2.24, 2.45) is 0 Å². The smallest absolute Gasteiger partial charge is 0.253 e. The number of carbonyl (C=O) groups excluding carboxylic acids is 1. The Morgan fingerprint density at radius 3 is 2.30 bits per heavy atom. The lowest BCUT2D eigenvalue weighted by atomic mass is 10.2. The van der Waals surface area contributed by atoms with Crippen molar-refractivity contribution in [3.05, 3.63) is 63.4 Å². The van der Waals surface area contributed by atoms with Gasteiger partial charge >= 0.3 is 0 Å². The van der Waals surface area contributed by atoms with E-state index in [2.05, 4.69) is 5.32 Å². The second-order valence-electron chi connectivity index (χ2n) is 6.19. The Bertz CT molecular complexity index is 948. The first-order valence-electron chi connectivity index (χ1n) is 8.03. The summed E-state index contributed by atoms with van der Waals surface area (Å²) in [5.41, 5.74) is 0.649. The molecule has 27 heavy (non-hydrogen) atoms. The molecule has 1 N–H and O–H groups in total. The Labute approximate surface area is 168 Å². The molecule has 146 valence electrons. The third-order valence-electron chi connectivity index (χ3n) is 4.04. The molecule has 0 saturated carbocycles. The Balaban J connectivity index is 2.10. The number of hydrogen-bond donors (Lipinski definition) is 1. The van der Waals surface area contributed by atoms with E-state index in [1.807, 2.05) is 0 Å². The molecule has 0 fully saturated rings. The highest BCUT2D eigenvalue weighted by Crippen LogP contribution is 2.24. The molecule has 0 aliphatic heterocycles. The topological polar surface area (TPSA) is 66.5 Å². The summed E-state index contributed by atoms with van der Waals surface area (Å²) in [4.78, 5) is 12.3. The number of rotatable bonds is 6. The summed E-state index contributed by atoms with van der Waals surface area (Å²) in [5.74, 6) is -1.30. The molecule has 5 nitrogen and oxygen atoms in total. The van der Waals surface area contributed by atoms with Gasteiger partial charge < -0.3 is 5.32 Å². The number of nitrogens with one attached hydrogen (secondary N) is 1. The molecule has 0 atom stereocenters. The maximum Gasteiger partial charge on any atom is 0.253 e. The monoisotopic (exact) mass is 432 g/mol. The summed E-state index contributed by atoms with van der Waals surface area (Å²) in [6.45, 7) is 3.69. The van der Waals surface area contributed by atoms with E-state index in [9.17, 15) is 17.6 Å². The molecular formula is C18H19Cl2FN2O3S. The van der Waals surface area contributed by atoms with E-state index in [-0.39, 0.29) is 33.1 Å². The van der Waals surface area contributed by atoms with Gasteiger partial charge in [-0.25, -0.2) is 12.8 Å². The van der Waals surface area contributed by atoms with Crippen molar-refractivity contribution in [3.63, 3.8) is 0 Å². The molecule has 0 radical (unpaired) electrons. The van der Waals surface area contributed by atoms with Crippen LogP contribution in [-0.4, -0.2) is 31.7 Å². The lowest BCUT2D eigenvalue weighted by molar-refractivity contribution is 0.0950. The van der Waals surface area contributed by atoms with E-state index in [0.29, 0.717) is 5.56 Å². The maximum absolute atomic E-state index is 13.5. The van der Waals surface area contributed by atoms with Gasteiger partial charge in [0.05, 0.1) is 20.5 Å². The number of nitrogens with zero attached hydrogens (tertiary/aromatic N) is 1. The average molecular weight is 433 g/mol. The van der Waals surface area contributed by atoms with E-state index in [0.717, 1.165) is 12.1 Å². The first-order chi connectivity index (χ1) is 12.5. The van der Waals surface area contributed by atoms with Crippen molar-refractivity contribution in [1.82, 2.24) is 9.62 Å². The van der Waals surface area contributed by atoms with Gasteiger partial charge in [0.2, 0.25) is 10.0 Å². The van der Waals surface area contributed by atoms with Gasteiger partial charge in [0.25, 0.3) is 5.91 Å². The minimum absolute atomic E-state index is 0.0312. The first kappa shape index (κ1) is 21.6. The second kappa shape index (κ2) is 8.56. The zero-order chi connectivity index (χ0) is 20.4. The van der Waals surface area contributed by atoms with Crippen molar-refractivity contribution < 1.29 is 17.6 Å². The number of halogens is 3. The highest BCUT2D eigenvalue weighted by atomic mass is 35.5. The fourth-order valence-corrected chi connectivity index (χ4v) is 4.03. The van der Waals surface area contributed by atoms with Crippen molar-refractivity contribution in [2.45, 2.75) is 31.3 Å². The largest absolute Gasteiger partial charge is 0.348 e. The molecule has 0 aliphatic carbocycles. The third-order valence-corrected chi connectivity index (χ3v) is 6.69. The minimum Gasteiger partial charge on any atom is -0.348 e. The second-order valence-corrected chi connectivity index (χ2v) is 9.00. The van der Waals surface area contributed by atoms with Crippen LogP contribution in [0, 0.1) is 5.82 Å². The SMILES string of the molecule is CC(C)N(C)S(=O)(=O)c1ccc(CNC(=O)c2cc(F)c(Cl)cc2Cl)cc1. The molecule has 0 spiro atoms. The lowest BCUT2D eigenvalue weighted by Crippen LogP contribution is -2.33. The molecule has 0 unspecified atom stereocenters. The normalized spacial score (nSPS) is 11.9. The zero-order valence-electron chi connectivity index (χ0n) is 15.0. The molecule has 1 amide bonds. The predicted molar refractivity (Wildman–Crippen MR) is 104 cm³/mol. The number of sulfonamides is 1. The first-order valence-corrected chi connectivity index (χ1v) is 10.2. The average Bonchev–Trinajstić information content (AvgIpc) is 2.62. The van der Waals surface area contributed by atoms with Crippen molar-refractivity contribution >= 4 is 39.1 Å². The van der Waals surface area contributed by atoms with Crippen molar-refractivity contribution in [3.8, 4) is 0 Å². The Hall–Kier alpha value is -1.67. The van der Waals surface area contributed by atoms with E-state index >= 15 is 0 Å². The van der Waals surface area contributed by atoms with Crippen LogP contribution in [-0.2, 0) is 16.6 Å². The van der Waals surface area contributed by atoms with Gasteiger partial charge in [-0.15, -0.1) is 0 Å². The van der Waals surface area contributed by atoms with Crippen LogP contribution in [0.2, 0.25) is 10.0 Å². The van der Waals surface area contributed by atoms with Gasteiger partial charge in [0.15, 0.2) is 0 Å². The molecule has 0 bridgehead atoms. The van der Waals surface area contributed by atoms with E-state index in [1.54, 1.807) is 26.0 Å². The quantitative estimate of drug-likeness (QED) is 0.698. The molecule has 2 aromatic rings. The van der Waals surface area contributed by atoms with Crippen LogP contribution >= 0.6 is 23.2 Å². The fourth-order valence-electron chi connectivity index (χ4n) is 2.20. The van der Waals surface area contributed by atoms with Crippen LogP contribution in [0.4, 0.5) is 4.39 Å². The standard InChI is InChI=1S/C18H19Cl2FN2O3S/c1-11(2)23(3)27(25,26)13-6-4-12(5-7-13)10-22-18(24)14-8-17(21)16(20)9-15(14)19/h4-9,11H,10H2,1-3H3,(H,22,24). The number of benzene rings is 2. The van der Waals surface area contributed by atoms with Gasteiger partial charge in [0, 0.05) is 19.6 Å². The molecule has 0 heterocycles. The third kappa shape index (κ3) is 4.99. The van der Waals surface area contributed by atoms with E-state index < -0.39 is 21.7 Å².